The summed E-state index contributed by atoms with van der Waals surface area (Å²) in [5, 5.41) is 7.01. The standard InChI is InChI=1S/C18H24N2/c1-14-11-15(2)13-18(12-14)20-10-9-19-16(3)17-7-5-4-6-8-17/h4-8,11-13,16,19-20H,9-10H2,1-3H3. The monoisotopic (exact) mass is 268 g/mol. The van der Waals surface area contributed by atoms with Crippen molar-refractivity contribution in [3.63, 3.8) is 0 Å². The summed E-state index contributed by atoms with van der Waals surface area (Å²) in [6.07, 6.45) is 0. The molecule has 0 heterocycles. The second-order valence-corrected chi connectivity index (χ2v) is 5.39. The first-order chi connectivity index (χ1) is 9.65. The number of benzene rings is 2. The van der Waals surface area contributed by atoms with Crippen molar-refractivity contribution in [2.45, 2.75) is 26.8 Å². The molecule has 0 fully saturated rings. The molecule has 106 valence electrons. The van der Waals surface area contributed by atoms with E-state index in [4.69, 9.17) is 0 Å². The lowest BCUT2D eigenvalue weighted by Crippen LogP contribution is -2.25. The number of anilines is 1. The van der Waals surface area contributed by atoms with Gasteiger partial charge in [0.25, 0.3) is 0 Å². The Morgan fingerprint density at radius 1 is 0.900 bits per heavy atom. The molecule has 0 aromatic heterocycles. The van der Waals surface area contributed by atoms with Gasteiger partial charge in [0.15, 0.2) is 0 Å². The molecule has 20 heavy (non-hydrogen) atoms. The summed E-state index contributed by atoms with van der Waals surface area (Å²) in [6, 6.07) is 17.5. The number of nitrogens with one attached hydrogen (secondary N) is 2. The largest absolute Gasteiger partial charge is 0.384 e. The van der Waals surface area contributed by atoms with E-state index in [1.54, 1.807) is 0 Å². The van der Waals surface area contributed by atoms with E-state index in [1.807, 2.05) is 0 Å². The van der Waals surface area contributed by atoms with Crippen molar-refractivity contribution in [2.75, 3.05) is 18.4 Å². The number of aryl methyl sites for hydroxylation is 2. The molecule has 0 bridgehead atoms. The Morgan fingerprint density at radius 3 is 2.20 bits per heavy atom. The van der Waals surface area contributed by atoms with Gasteiger partial charge in [-0.3, -0.25) is 0 Å². The second-order valence-electron chi connectivity index (χ2n) is 5.39. The van der Waals surface area contributed by atoms with Gasteiger partial charge in [-0.25, -0.2) is 0 Å². The second kappa shape index (κ2) is 7.11. The van der Waals surface area contributed by atoms with E-state index >= 15 is 0 Å². The van der Waals surface area contributed by atoms with Crippen molar-refractivity contribution in [2.24, 2.45) is 0 Å². The van der Waals surface area contributed by atoms with Gasteiger partial charge in [0.1, 0.15) is 0 Å². The molecule has 2 N–H and O–H groups in total. The summed E-state index contributed by atoms with van der Waals surface area (Å²) in [7, 11) is 0. The van der Waals surface area contributed by atoms with E-state index in [0.717, 1.165) is 13.1 Å². The molecule has 2 aromatic carbocycles. The first-order valence-corrected chi connectivity index (χ1v) is 7.25. The van der Waals surface area contributed by atoms with Crippen LogP contribution in [0.2, 0.25) is 0 Å². The van der Waals surface area contributed by atoms with Crippen LogP contribution in [0.15, 0.2) is 48.5 Å². The maximum atomic E-state index is 3.54. The lowest BCUT2D eigenvalue weighted by molar-refractivity contribution is 0.588. The van der Waals surface area contributed by atoms with Crippen molar-refractivity contribution in [3.05, 3.63) is 65.2 Å². The predicted molar refractivity (Wildman–Crippen MR) is 87.3 cm³/mol. The maximum absolute atomic E-state index is 3.54. The molecule has 0 saturated heterocycles. The highest BCUT2D eigenvalue weighted by atomic mass is 15.0. The molecule has 0 saturated carbocycles. The van der Waals surface area contributed by atoms with Gasteiger partial charge in [0, 0.05) is 24.8 Å². The Bertz CT molecular complexity index is 514. The molecule has 0 amide bonds. The van der Waals surface area contributed by atoms with Gasteiger partial charge in [-0.2, -0.15) is 0 Å². The van der Waals surface area contributed by atoms with Crippen LogP contribution in [0.4, 0.5) is 5.69 Å². The fraction of sp³-hybridized carbons (Fsp3) is 0.333. The fourth-order valence-corrected chi connectivity index (χ4v) is 2.43. The highest BCUT2D eigenvalue weighted by molar-refractivity contribution is 5.48. The molecule has 0 aliphatic rings. The van der Waals surface area contributed by atoms with Gasteiger partial charge in [-0.05, 0) is 49.6 Å². The molecule has 1 atom stereocenters. The summed E-state index contributed by atoms with van der Waals surface area (Å²) < 4.78 is 0. The molecule has 2 aromatic rings. The van der Waals surface area contributed by atoms with Crippen LogP contribution in [-0.2, 0) is 0 Å². The third-order valence-electron chi connectivity index (χ3n) is 3.43. The minimum atomic E-state index is 0.386. The Labute approximate surface area is 122 Å². The average Bonchev–Trinajstić information content (AvgIpc) is 2.43. The molecular weight excluding hydrogens is 244 g/mol. The molecule has 0 aliphatic carbocycles. The normalized spacial score (nSPS) is 12.2. The summed E-state index contributed by atoms with van der Waals surface area (Å²) in [4.78, 5) is 0. The lowest BCUT2D eigenvalue weighted by Gasteiger charge is -2.15. The quantitative estimate of drug-likeness (QED) is 0.772. The van der Waals surface area contributed by atoms with Gasteiger partial charge in [0.2, 0.25) is 0 Å². The summed E-state index contributed by atoms with van der Waals surface area (Å²) >= 11 is 0. The highest BCUT2D eigenvalue weighted by Gasteiger charge is 2.02. The molecular formula is C18H24N2. The van der Waals surface area contributed by atoms with Crippen LogP contribution in [0.3, 0.4) is 0 Å². The first kappa shape index (κ1) is 14.6. The van der Waals surface area contributed by atoms with E-state index in [2.05, 4.69) is 79.9 Å². The Morgan fingerprint density at radius 2 is 1.55 bits per heavy atom. The zero-order chi connectivity index (χ0) is 14.4. The lowest BCUT2D eigenvalue weighted by atomic mass is 10.1. The zero-order valence-electron chi connectivity index (χ0n) is 12.6. The Balaban J connectivity index is 1.76. The summed E-state index contributed by atoms with van der Waals surface area (Å²) in [5.74, 6) is 0. The van der Waals surface area contributed by atoms with Crippen molar-refractivity contribution in [1.29, 1.82) is 0 Å². The van der Waals surface area contributed by atoms with Gasteiger partial charge >= 0.3 is 0 Å². The molecule has 2 rings (SSSR count). The van der Waals surface area contributed by atoms with Crippen LogP contribution in [-0.4, -0.2) is 13.1 Å². The Hall–Kier alpha value is -1.80. The van der Waals surface area contributed by atoms with Crippen molar-refractivity contribution in [1.82, 2.24) is 5.32 Å². The molecule has 2 heteroatoms. The molecule has 2 nitrogen and oxygen atoms in total. The van der Waals surface area contributed by atoms with E-state index in [0.29, 0.717) is 6.04 Å². The smallest absolute Gasteiger partial charge is 0.0345 e. The Kier molecular flexibility index (Phi) is 5.19. The van der Waals surface area contributed by atoms with Gasteiger partial charge in [0.05, 0.1) is 0 Å². The molecule has 0 radical (unpaired) electrons. The van der Waals surface area contributed by atoms with E-state index < -0.39 is 0 Å². The molecule has 1 unspecified atom stereocenters. The van der Waals surface area contributed by atoms with Gasteiger partial charge < -0.3 is 10.6 Å². The van der Waals surface area contributed by atoms with Crippen LogP contribution in [0, 0.1) is 13.8 Å². The first-order valence-electron chi connectivity index (χ1n) is 7.25. The van der Waals surface area contributed by atoms with Crippen molar-refractivity contribution >= 4 is 5.69 Å². The van der Waals surface area contributed by atoms with Crippen molar-refractivity contribution in [3.8, 4) is 0 Å². The van der Waals surface area contributed by atoms with Gasteiger partial charge in [-0.15, -0.1) is 0 Å². The van der Waals surface area contributed by atoms with Gasteiger partial charge in [-0.1, -0.05) is 36.4 Å². The average molecular weight is 268 g/mol. The highest BCUT2D eigenvalue weighted by Crippen LogP contribution is 2.13. The van der Waals surface area contributed by atoms with Crippen molar-refractivity contribution < 1.29 is 0 Å². The van der Waals surface area contributed by atoms with Crippen LogP contribution in [0.5, 0.6) is 0 Å². The maximum Gasteiger partial charge on any atom is 0.0345 e. The predicted octanol–water partition coefficient (Wildman–Crippen LogP) is 4.07. The minimum absolute atomic E-state index is 0.386. The van der Waals surface area contributed by atoms with E-state index in [1.165, 1.54) is 22.4 Å². The fourth-order valence-electron chi connectivity index (χ4n) is 2.43. The summed E-state index contributed by atoms with van der Waals surface area (Å²) in [5.41, 5.74) is 5.15. The number of hydrogen-bond donors (Lipinski definition) is 2. The zero-order valence-corrected chi connectivity index (χ0v) is 12.6. The minimum Gasteiger partial charge on any atom is -0.384 e. The summed E-state index contributed by atoms with van der Waals surface area (Å²) in [6.45, 7) is 8.34. The van der Waals surface area contributed by atoms with E-state index in [-0.39, 0.29) is 0 Å². The third kappa shape index (κ3) is 4.39. The van der Waals surface area contributed by atoms with Crippen LogP contribution >= 0.6 is 0 Å². The molecule has 0 spiro atoms. The van der Waals surface area contributed by atoms with Crippen LogP contribution < -0.4 is 10.6 Å². The molecule has 0 aliphatic heterocycles. The number of hydrogen-bond acceptors (Lipinski definition) is 2. The van der Waals surface area contributed by atoms with Crippen LogP contribution in [0.1, 0.15) is 29.7 Å². The SMILES string of the molecule is Cc1cc(C)cc(NCCNC(C)c2ccccc2)c1. The van der Waals surface area contributed by atoms with Crippen LogP contribution in [0.25, 0.3) is 0 Å². The van der Waals surface area contributed by atoms with E-state index in [9.17, 15) is 0 Å². The topological polar surface area (TPSA) is 24.1 Å². The number of rotatable bonds is 6. The third-order valence-corrected chi connectivity index (χ3v) is 3.43.